The standard InChI is InChI=1S/C18H16Cl2O3S/c1-11(21)24-18(15-8-5-13(19)9-16(15)20)10-17(22)12-3-6-14(23-2)7-4-12/h3-9,18H,10H2,1-2H3. The lowest BCUT2D eigenvalue weighted by Gasteiger charge is -2.16. The smallest absolute Gasteiger partial charge is 0.186 e. The van der Waals surface area contributed by atoms with Crippen molar-refractivity contribution in [2.24, 2.45) is 0 Å². The molecule has 1 unspecified atom stereocenters. The van der Waals surface area contributed by atoms with E-state index in [2.05, 4.69) is 0 Å². The third kappa shape index (κ3) is 5.00. The molecule has 0 fully saturated rings. The van der Waals surface area contributed by atoms with Gasteiger partial charge in [0.15, 0.2) is 10.9 Å². The van der Waals surface area contributed by atoms with Gasteiger partial charge in [0.25, 0.3) is 0 Å². The second-order valence-electron chi connectivity index (χ2n) is 5.12. The summed E-state index contributed by atoms with van der Waals surface area (Å²) in [5.41, 5.74) is 1.29. The molecule has 6 heteroatoms. The van der Waals surface area contributed by atoms with Crippen LogP contribution in [0.5, 0.6) is 5.75 Å². The normalized spacial score (nSPS) is 11.8. The Hall–Kier alpha value is -1.49. The number of carbonyl (C=O) groups is 2. The van der Waals surface area contributed by atoms with Crippen molar-refractivity contribution in [3.8, 4) is 5.75 Å². The molecule has 0 aliphatic rings. The number of methoxy groups -OCH3 is 1. The SMILES string of the molecule is COc1ccc(C(=O)CC(SC(C)=O)c2ccc(Cl)cc2Cl)cc1. The lowest BCUT2D eigenvalue weighted by Crippen LogP contribution is -2.07. The van der Waals surface area contributed by atoms with Gasteiger partial charge >= 0.3 is 0 Å². The fourth-order valence-corrected chi connectivity index (χ4v) is 3.81. The summed E-state index contributed by atoms with van der Waals surface area (Å²) in [6.45, 7) is 1.47. The number of hydrogen-bond acceptors (Lipinski definition) is 4. The molecule has 2 aromatic carbocycles. The number of rotatable bonds is 6. The van der Waals surface area contributed by atoms with Crippen LogP contribution in [0.25, 0.3) is 0 Å². The summed E-state index contributed by atoms with van der Waals surface area (Å²) in [6.07, 6.45) is 0.165. The molecule has 3 nitrogen and oxygen atoms in total. The molecule has 0 heterocycles. The van der Waals surface area contributed by atoms with E-state index in [0.29, 0.717) is 21.4 Å². The average Bonchev–Trinajstić information content (AvgIpc) is 2.54. The first-order valence-electron chi connectivity index (χ1n) is 7.20. The minimum atomic E-state index is -0.359. The highest BCUT2D eigenvalue weighted by molar-refractivity contribution is 8.13. The summed E-state index contributed by atoms with van der Waals surface area (Å²) in [7, 11) is 1.57. The molecule has 0 radical (unpaired) electrons. The number of hydrogen-bond donors (Lipinski definition) is 0. The fraction of sp³-hybridized carbons (Fsp3) is 0.222. The van der Waals surface area contributed by atoms with Crippen molar-refractivity contribution < 1.29 is 14.3 Å². The van der Waals surface area contributed by atoms with Crippen LogP contribution in [-0.4, -0.2) is 18.0 Å². The summed E-state index contributed by atoms with van der Waals surface area (Å²) < 4.78 is 5.09. The molecule has 0 amide bonds. The Kier molecular flexibility index (Phi) is 6.72. The van der Waals surface area contributed by atoms with E-state index < -0.39 is 0 Å². The molecule has 0 saturated carbocycles. The number of benzene rings is 2. The third-order valence-corrected chi connectivity index (χ3v) is 5.00. The van der Waals surface area contributed by atoms with Gasteiger partial charge in [0.05, 0.1) is 7.11 Å². The molecule has 0 N–H and O–H groups in total. The Morgan fingerprint density at radius 2 is 1.79 bits per heavy atom. The molecule has 2 rings (SSSR count). The Morgan fingerprint density at radius 3 is 2.33 bits per heavy atom. The van der Waals surface area contributed by atoms with Crippen LogP contribution in [0, 0.1) is 0 Å². The highest BCUT2D eigenvalue weighted by Gasteiger charge is 2.22. The molecule has 0 saturated heterocycles. The van der Waals surface area contributed by atoms with Gasteiger partial charge in [-0.3, -0.25) is 9.59 Å². The highest BCUT2D eigenvalue weighted by atomic mass is 35.5. The van der Waals surface area contributed by atoms with Gasteiger partial charge in [-0.05, 0) is 42.0 Å². The number of Topliss-reactive ketones (excluding diaryl/α,β-unsaturated/α-hetero) is 1. The zero-order valence-corrected chi connectivity index (χ0v) is 15.5. The van der Waals surface area contributed by atoms with Crippen molar-refractivity contribution in [2.75, 3.05) is 7.11 Å². The van der Waals surface area contributed by atoms with E-state index in [0.717, 1.165) is 17.3 Å². The van der Waals surface area contributed by atoms with Crippen molar-refractivity contribution in [2.45, 2.75) is 18.6 Å². The van der Waals surface area contributed by atoms with Gasteiger partial charge in [0, 0.05) is 34.2 Å². The third-order valence-electron chi connectivity index (χ3n) is 3.40. The number of halogens is 2. The quantitative estimate of drug-likeness (QED) is 0.610. The maximum Gasteiger partial charge on any atom is 0.186 e. The molecule has 126 valence electrons. The van der Waals surface area contributed by atoms with Crippen LogP contribution in [0.15, 0.2) is 42.5 Å². The molecule has 2 aromatic rings. The maximum absolute atomic E-state index is 12.6. The monoisotopic (exact) mass is 382 g/mol. The Labute approximate surface area is 155 Å². The number of thioether (sulfide) groups is 1. The van der Waals surface area contributed by atoms with Gasteiger partial charge in [0.1, 0.15) is 5.75 Å². The van der Waals surface area contributed by atoms with E-state index in [9.17, 15) is 9.59 Å². The molecule has 1 atom stereocenters. The number of carbonyl (C=O) groups excluding carboxylic acids is 2. The molecule has 0 bridgehead atoms. The van der Waals surface area contributed by atoms with Crippen LogP contribution in [-0.2, 0) is 4.79 Å². The van der Waals surface area contributed by atoms with Crippen LogP contribution >= 0.6 is 35.0 Å². The number of ether oxygens (including phenoxy) is 1. The molecule has 0 aliphatic carbocycles. The fourth-order valence-electron chi connectivity index (χ4n) is 2.24. The Balaban J connectivity index is 2.24. The van der Waals surface area contributed by atoms with Crippen LogP contribution in [0.2, 0.25) is 10.0 Å². The van der Waals surface area contributed by atoms with Crippen LogP contribution in [0.3, 0.4) is 0 Å². The molecule has 0 aromatic heterocycles. The molecular formula is C18H16Cl2O3S. The predicted octanol–water partition coefficient (Wildman–Crippen LogP) is 5.60. The van der Waals surface area contributed by atoms with E-state index in [-0.39, 0.29) is 22.6 Å². The van der Waals surface area contributed by atoms with E-state index in [4.69, 9.17) is 27.9 Å². The van der Waals surface area contributed by atoms with Crippen molar-refractivity contribution in [3.63, 3.8) is 0 Å². The lowest BCUT2D eigenvalue weighted by molar-refractivity contribution is -0.109. The summed E-state index contributed by atoms with van der Waals surface area (Å²) in [6, 6.07) is 12.0. The summed E-state index contributed by atoms with van der Waals surface area (Å²) in [5, 5.41) is 0.524. The van der Waals surface area contributed by atoms with Crippen molar-refractivity contribution in [3.05, 3.63) is 63.6 Å². The first-order valence-corrected chi connectivity index (χ1v) is 8.83. The van der Waals surface area contributed by atoms with E-state index in [1.165, 1.54) is 6.92 Å². The van der Waals surface area contributed by atoms with Gasteiger partial charge in [-0.2, -0.15) is 0 Å². The summed E-state index contributed by atoms with van der Waals surface area (Å²) in [5.74, 6) is 0.615. The van der Waals surface area contributed by atoms with Gasteiger partial charge < -0.3 is 4.74 Å². The van der Waals surface area contributed by atoms with E-state index in [1.54, 1.807) is 49.6 Å². The lowest BCUT2D eigenvalue weighted by atomic mass is 10.0. The van der Waals surface area contributed by atoms with E-state index >= 15 is 0 Å². The van der Waals surface area contributed by atoms with E-state index in [1.807, 2.05) is 0 Å². The van der Waals surface area contributed by atoms with Gasteiger partial charge in [-0.15, -0.1) is 0 Å². The number of ketones is 1. The zero-order valence-electron chi connectivity index (χ0n) is 13.2. The molecule has 24 heavy (non-hydrogen) atoms. The highest BCUT2D eigenvalue weighted by Crippen LogP contribution is 2.38. The Bertz CT molecular complexity index is 744. The minimum absolute atomic E-state index is 0.0672. The first-order chi connectivity index (χ1) is 11.4. The van der Waals surface area contributed by atoms with Crippen LogP contribution < -0.4 is 4.74 Å². The zero-order chi connectivity index (χ0) is 17.7. The topological polar surface area (TPSA) is 43.4 Å². The van der Waals surface area contributed by atoms with Gasteiger partial charge in [-0.25, -0.2) is 0 Å². The molecular weight excluding hydrogens is 367 g/mol. The molecule has 0 aliphatic heterocycles. The average molecular weight is 383 g/mol. The van der Waals surface area contributed by atoms with Crippen LogP contribution in [0.4, 0.5) is 0 Å². The minimum Gasteiger partial charge on any atom is -0.497 e. The second kappa shape index (κ2) is 8.56. The first kappa shape index (κ1) is 18.8. The van der Waals surface area contributed by atoms with Crippen LogP contribution in [0.1, 0.15) is 34.5 Å². The van der Waals surface area contributed by atoms with Crippen molar-refractivity contribution in [1.29, 1.82) is 0 Å². The van der Waals surface area contributed by atoms with Gasteiger partial charge in [0.2, 0.25) is 0 Å². The Morgan fingerprint density at radius 1 is 1.12 bits per heavy atom. The van der Waals surface area contributed by atoms with Crippen molar-refractivity contribution in [1.82, 2.24) is 0 Å². The largest absolute Gasteiger partial charge is 0.497 e. The van der Waals surface area contributed by atoms with Gasteiger partial charge in [-0.1, -0.05) is 41.0 Å². The maximum atomic E-state index is 12.6. The summed E-state index contributed by atoms with van der Waals surface area (Å²) >= 11 is 13.3. The summed E-state index contributed by atoms with van der Waals surface area (Å²) in [4.78, 5) is 24.1. The predicted molar refractivity (Wildman–Crippen MR) is 99.4 cm³/mol. The molecule has 0 spiro atoms. The second-order valence-corrected chi connectivity index (χ2v) is 7.34. The van der Waals surface area contributed by atoms with Crippen molar-refractivity contribution >= 4 is 45.9 Å².